The molecule has 1 heterocycles. The highest BCUT2D eigenvalue weighted by Gasteiger charge is 2.32. The number of ether oxygens (including phenoxy) is 2. The smallest absolute Gasteiger partial charge is 0.407 e. The molecule has 1 aliphatic carbocycles. The van der Waals surface area contributed by atoms with Crippen LogP contribution in [-0.4, -0.2) is 42.0 Å². The second kappa shape index (κ2) is 7.39. The van der Waals surface area contributed by atoms with Gasteiger partial charge in [0.05, 0.1) is 5.60 Å². The second-order valence-electron chi connectivity index (χ2n) is 8.67. The third kappa shape index (κ3) is 6.68. The van der Waals surface area contributed by atoms with Crippen LogP contribution in [-0.2, 0) is 9.47 Å². The average molecular weight is 326 g/mol. The predicted molar refractivity (Wildman–Crippen MR) is 91.6 cm³/mol. The van der Waals surface area contributed by atoms with Crippen LogP contribution in [0.15, 0.2) is 0 Å². The van der Waals surface area contributed by atoms with Crippen molar-refractivity contribution in [3.05, 3.63) is 0 Å². The van der Waals surface area contributed by atoms with E-state index in [9.17, 15) is 4.79 Å². The summed E-state index contributed by atoms with van der Waals surface area (Å²) >= 11 is 0. The number of hydrogen-bond donors (Lipinski definition) is 2. The Balaban J connectivity index is 1.78. The molecule has 134 valence electrons. The van der Waals surface area contributed by atoms with Gasteiger partial charge < -0.3 is 20.1 Å². The molecule has 1 saturated heterocycles. The molecule has 2 N–H and O–H groups in total. The van der Waals surface area contributed by atoms with Gasteiger partial charge in [-0.2, -0.15) is 0 Å². The number of rotatable bonds is 3. The fourth-order valence-corrected chi connectivity index (χ4v) is 3.65. The molecule has 1 saturated carbocycles. The Hall–Kier alpha value is -0.810. The predicted octanol–water partition coefficient (Wildman–Crippen LogP) is 3.37. The minimum absolute atomic E-state index is 0.0290. The third-order valence-corrected chi connectivity index (χ3v) is 4.56. The summed E-state index contributed by atoms with van der Waals surface area (Å²) in [6.07, 6.45) is 6.18. The van der Waals surface area contributed by atoms with E-state index in [4.69, 9.17) is 9.47 Å². The molecule has 2 aliphatic rings. The van der Waals surface area contributed by atoms with Crippen LogP contribution in [0.25, 0.3) is 0 Å². The van der Waals surface area contributed by atoms with Crippen LogP contribution in [0, 0.1) is 0 Å². The van der Waals surface area contributed by atoms with E-state index in [2.05, 4.69) is 24.5 Å². The minimum Gasteiger partial charge on any atom is -0.444 e. The lowest BCUT2D eigenvalue weighted by Crippen LogP contribution is -2.51. The molecule has 1 amide bonds. The average Bonchev–Trinajstić information content (AvgIpc) is 2.35. The van der Waals surface area contributed by atoms with E-state index >= 15 is 0 Å². The van der Waals surface area contributed by atoms with E-state index < -0.39 is 5.60 Å². The van der Waals surface area contributed by atoms with E-state index in [0.29, 0.717) is 12.1 Å². The highest BCUT2D eigenvalue weighted by Crippen LogP contribution is 2.26. The number of alkyl carbamates (subject to hydrolysis) is 1. The first-order chi connectivity index (χ1) is 10.6. The van der Waals surface area contributed by atoms with Crippen molar-refractivity contribution in [3.8, 4) is 0 Å². The molecule has 2 fully saturated rings. The van der Waals surface area contributed by atoms with Gasteiger partial charge in [-0.05, 0) is 73.1 Å². The molecule has 3 unspecified atom stereocenters. The fraction of sp³-hybridized carbons (Fsp3) is 0.944. The van der Waals surface area contributed by atoms with Gasteiger partial charge in [0.2, 0.25) is 0 Å². The molecule has 0 bridgehead atoms. The molecule has 0 spiro atoms. The van der Waals surface area contributed by atoms with E-state index in [0.717, 1.165) is 38.7 Å². The molecule has 0 aromatic heterocycles. The van der Waals surface area contributed by atoms with Gasteiger partial charge in [0, 0.05) is 24.7 Å². The van der Waals surface area contributed by atoms with Gasteiger partial charge >= 0.3 is 6.09 Å². The Labute approximate surface area is 140 Å². The quantitative estimate of drug-likeness (QED) is 0.835. The van der Waals surface area contributed by atoms with Gasteiger partial charge in [-0.15, -0.1) is 0 Å². The molecule has 3 atom stereocenters. The van der Waals surface area contributed by atoms with Crippen molar-refractivity contribution in [2.45, 2.75) is 102 Å². The maximum absolute atomic E-state index is 11.9. The van der Waals surface area contributed by atoms with Crippen molar-refractivity contribution >= 4 is 6.09 Å². The summed E-state index contributed by atoms with van der Waals surface area (Å²) in [5.74, 6) is 0. The van der Waals surface area contributed by atoms with Crippen LogP contribution in [0.1, 0.15) is 73.1 Å². The van der Waals surface area contributed by atoms with Crippen LogP contribution in [0.2, 0.25) is 0 Å². The normalized spacial score (nSPS) is 31.4. The summed E-state index contributed by atoms with van der Waals surface area (Å²) in [5, 5.41) is 6.83. The molecular formula is C18H34N2O3. The van der Waals surface area contributed by atoms with Crippen LogP contribution in [0.5, 0.6) is 0 Å². The number of carbonyl (C=O) groups is 1. The van der Waals surface area contributed by atoms with Crippen molar-refractivity contribution in [2.24, 2.45) is 0 Å². The Morgan fingerprint density at radius 1 is 1.13 bits per heavy atom. The maximum atomic E-state index is 11.9. The molecule has 1 aliphatic heterocycles. The summed E-state index contributed by atoms with van der Waals surface area (Å²) < 4.78 is 11.2. The zero-order valence-electron chi connectivity index (χ0n) is 15.4. The largest absolute Gasteiger partial charge is 0.444 e. The highest BCUT2D eigenvalue weighted by atomic mass is 16.6. The van der Waals surface area contributed by atoms with Crippen LogP contribution < -0.4 is 10.6 Å². The van der Waals surface area contributed by atoms with Gasteiger partial charge in [0.25, 0.3) is 0 Å². The summed E-state index contributed by atoms with van der Waals surface area (Å²) in [5.41, 5.74) is -0.469. The third-order valence-electron chi connectivity index (χ3n) is 4.56. The van der Waals surface area contributed by atoms with Gasteiger partial charge in [-0.1, -0.05) is 0 Å². The van der Waals surface area contributed by atoms with Crippen LogP contribution in [0.3, 0.4) is 0 Å². The van der Waals surface area contributed by atoms with Crippen molar-refractivity contribution in [1.82, 2.24) is 10.6 Å². The Morgan fingerprint density at radius 2 is 1.83 bits per heavy atom. The maximum Gasteiger partial charge on any atom is 0.407 e. The lowest BCUT2D eigenvalue weighted by Gasteiger charge is -2.39. The number of amides is 1. The summed E-state index contributed by atoms with van der Waals surface area (Å²) in [7, 11) is 0. The van der Waals surface area contributed by atoms with E-state index in [1.807, 2.05) is 20.8 Å². The molecule has 2 rings (SSSR count). The molecule has 5 nitrogen and oxygen atoms in total. The Kier molecular flexibility index (Phi) is 5.95. The Morgan fingerprint density at radius 3 is 2.48 bits per heavy atom. The topological polar surface area (TPSA) is 59.6 Å². The summed E-state index contributed by atoms with van der Waals surface area (Å²) in [6.45, 7) is 10.8. The first-order valence-corrected chi connectivity index (χ1v) is 9.02. The molecule has 0 radical (unpaired) electrons. The minimum atomic E-state index is -0.440. The fourth-order valence-electron chi connectivity index (χ4n) is 3.65. The van der Waals surface area contributed by atoms with Crippen molar-refractivity contribution in [3.63, 3.8) is 0 Å². The molecule has 0 aromatic carbocycles. The molecule has 23 heavy (non-hydrogen) atoms. The first kappa shape index (κ1) is 18.5. The number of carbonyl (C=O) groups excluding carboxylic acids is 1. The van der Waals surface area contributed by atoms with Crippen LogP contribution in [0.4, 0.5) is 4.79 Å². The number of nitrogens with one attached hydrogen (secondary N) is 2. The summed E-state index contributed by atoms with van der Waals surface area (Å²) in [6, 6.07) is 1.20. The number of hydrogen-bond acceptors (Lipinski definition) is 4. The molecule has 0 aromatic rings. The Bertz CT molecular complexity index is 404. The van der Waals surface area contributed by atoms with Gasteiger partial charge in [-0.25, -0.2) is 4.79 Å². The van der Waals surface area contributed by atoms with E-state index in [1.165, 1.54) is 6.42 Å². The monoisotopic (exact) mass is 326 g/mol. The van der Waals surface area contributed by atoms with Crippen molar-refractivity contribution in [1.29, 1.82) is 0 Å². The standard InChI is InChI=1S/C18H34N2O3/c1-17(2,3)23-16(21)20-14-8-6-7-13(11-14)19-15-9-10-22-18(4,5)12-15/h13-15,19H,6-12H2,1-5H3,(H,20,21). The first-order valence-electron chi connectivity index (χ1n) is 9.02. The van der Waals surface area contributed by atoms with Crippen molar-refractivity contribution in [2.75, 3.05) is 6.61 Å². The van der Waals surface area contributed by atoms with Gasteiger partial charge in [0.15, 0.2) is 0 Å². The van der Waals surface area contributed by atoms with Gasteiger partial charge in [-0.3, -0.25) is 0 Å². The van der Waals surface area contributed by atoms with Crippen LogP contribution >= 0.6 is 0 Å². The lowest BCUT2D eigenvalue weighted by atomic mass is 9.88. The SMILES string of the molecule is CC(C)(C)OC(=O)NC1CCCC(NC2CCOC(C)(C)C2)C1. The second-order valence-corrected chi connectivity index (χ2v) is 8.67. The van der Waals surface area contributed by atoms with E-state index in [1.54, 1.807) is 0 Å². The zero-order valence-corrected chi connectivity index (χ0v) is 15.4. The summed E-state index contributed by atoms with van der Waals surface area (Å²) in [4.78, 5) is 11.9. The van der Waals surface area contributed by atoms with Crippen molar-refractivity contribution < 1.29 is 14.3 Å². The molecule has 5 heteroatoms. The molecular weight excluding hydrogens is 292 g/mol. The van der Waals surface area contributed by atoms with Gasteiger partial charge in [0.1, 0.15) is 5.60 Å². The lowest BCUT2D eigenvalue weighted by molar-refractivity contribution is -0.0647. The highest BCUT2D eigenvalue weighted by molar-refractivity contribution is 5.68. The zero-order chi connectivity index (χ0) is 17.1. The van der Waals surface area contributed by atoms with E-state index in [-0.39, 0.29) is 17.7 Å².